The fourth-order valence-corrected chi connectivity index (χ4v) is 4.02. The molecule has 4 N–H and O–H groups in total. The van der Waals surface area contributed by atoms with E-state index < -0.39 is 17.6 Å². The molecule has 0 saturated heterocycles. The Bertz CT molecular complexity index is 506. The van der Waals surface area contributed by atoms with Gasteiger partial charge in [0, 0.05) is 6.04 Å². The molecule has 0 radical (unpaired) electrons. The smallest absolute Gasteiger partial charge is 0.237 e. The molecule has 27 heavy (non-hydrogen) atoms. The van der Waals surface area contributed by atoms with Crippen LogP contribution >= 0.6 is 0 Å². The first-order chi connectivity index (χ1) is 12.6. The Morgan fingerprint density at radius 2 is 1.85 bits per heavy atom. The molecule has 1 aliphatic rings. The van der Waals surface area contributed by atoms with Crippen LogP contribution < -0.4 is 16.4 Å². The van der Waals surface area contributed by atoms with Crippen molar-refractivity contribution in [2.75, 3.05) is 0 Å². The Kier molecular flexibility index (Phi) is 9.68. The average Bonchev–Trinajstić information content (AvgIpc) is 2.59. The molecule has 1 fully saturated rings. The minimum atomic E-state index is -0.596. The van der Waals surface area contributed by atoms with E-state index in [0.717, 1.165) is 38.5 Å². The minimum absolute atomic E-state index is 0.0363. The van der Waals surface area contributed by atoms with Gasteiger partial charge in [-0.05, 0) is 51.4 Å². The number of carbonyl (C=O) groups excluding carboxylic acids is 2. The molecule has 0 spiro atoms. The fourth-order valence-electron chi connectivity index (χ4n) is 4.02. The largest absolute Gasteiger partial charge is 0.345 e. The molecule has 1 saturated carbocycles. The molecule has 1 rings (SSSR count). The van der Waals surface area contributed by atoms with E-state index in [1.54, 1.807) is 6.92 Å². The van der Waals surface area contributed by atoms with E-state index in [4.69, 9.17) is 5.73 Å². The maximum atomic E-state index is 13.5. The summed E-state index contributed by atoms with van der Waals surface area (Å²) < 4.78 is 0. The van der Waals surface area contributed by atoms with E-state index in [2.05, 4.69) is 31.1 Å². The van der Waals surface area contributed by atoms with Crippen LogP contribution in [0.25, 0.3) is 0 Å². The van der Waals surface area contributed by atoms with Crippen molar-refractivity contribution >= 4 is 11.7 Å². The van der Waals surface area contributed by atoms with Crippen LogP contribution in [0.2, 0.25) is 0 Å². The van der Waals surface area contributed by atoms with E-state index in [9.17, 15) is 9.59 Å². The highest BCUT2D eigenvalue weighted by atomic mass is 16.2. The van der Waals surface area contributed by atoms with Gasteiger partial charge in [0.05, 0.1) is 17.6 Å². The van der Waals surface area contributed by atoms with Crippen LogP contribution in [0.15, 0.2) is 12.7 Å². The van der Waals surface area contributed by atoms with Crippen LogP contribution in [0.3, 0.4) is 0 Å². The summed E-state index contributed by atoms with van der Waals surface area (Å²) in [6.07, 6.45) is 8.73. The average molecular weight is 380 g/mol. The SMILES string of the molecule is C=CCC(C)NC1(C(=O)[C@H](C)NC(=O)[C@@H](N)C(C)C)CCCC[C@H](C)CC1. The summed E-state index contributed by atoms with van der Waals surface area (Å²) in [4.78, 5) is 25.9. The number of carbonyl (C=O) groups is 2. The van der Waals surface area contributed by atoms with Gasteiger partial charge in [-0.25, -0.2) is 0 Å². The van der Waals surface area contributed by atoms with E-state index in [1.165, 1.54) is 6.42 Å². The molecule has 0 aromatic carbocycles. The lowest BCUT2D eigenvalue weighted by Crippen LogP contribution is -2.62. The normalized spacial score (nSPS) is 27.1. The number of rotatable bonds is 9. The molecule has 5 atom stereocenters. The molecule has 0 bridgehead atoms. The standard InChI is InChI=1S/C22H41N3O2/c1-7-10-17(5)25-22(13-9-8-11-16(4)12-14-22)20(26)18(6)24-21(27)19(23)15(2)3/h7,15-19,25H,1,8-14,23H2,2-6H3,(H,24,27)/t16-,17?,18-,19-,22?/m0/s1. The van der Waals surface area contributed by atoms with E-state index in [-0.39, 0.29) is 23.7 Å². The monoisotopic (exact) mass is 379 g/mol. The third kappa shape index (κ3) is 7.04. The molecule has 5 heteroatoms. The molecule has 156 valence electrons. The number of nitrogens with one attached hydrogen (secondary N) is 2. The van der Waals surface area contributed by atoms with Crippen molar-refractivity contribution in [3.05, 3.63) is 12.7 Å². The van der Waals surface area contributed by atoms with Gasteiger partial charge in [0.1, 0.15) is 0 Å². The van der Waals surface area contributed by atoms with Gasteiger partial charge >= 0.3 is 0 Å². The summed E-state index contributed by atoms with van der Waals surface area (Å²) in [7, 11) is 0. The maximum absolute atomic E-state index is 13.5. The second-order valence-electron chi connectivity index (χ2n) is 8.91. The number of hydrogen-bond donors (Lipinski definition) is 3. The van der Waals surface area contributed by atoms with Crippen molar-refractivity contribution in [3.63, 3.8) is 0 Å². The Balaban J connectivity index is 2.99. The summed E-state index contributed by atoms with van der Waals surface area (Å²) in [6, 6.07) is -0.983. The Morgan fingerprint density at radius 1 is 1.19 bits per heavy atom. The Labute approximate surface area is 165 Å². The zero-order valence-corrected chi connectivity index (χ0v) is 18.0. The number of nitrogens with two attached hydrogens (primary N) is 1. The maximum Gasteiger partial charge on any atom is 0.237 e. The highest BCUT2D eigenvalue weighted by molar-refractivity contribution is 5.96. The van der Waals surface area contributed by atoms with Crippen molar-refractivity contribution in [1.82, 2.24) is 10.6 Å². The highest BCUT2D eigenvalue weighted by Crippen LogP contribution is 2.31. The van der Waals surface area contributed by atoms with Gasteiger partial charge in [0.15, 0.2) is 5.78 Å². The quantitative estimate of drug-likeness (QED) is 0.537. The third-order valence-electron chi connectivity index (χ3n) is 5.90. The van der Waals surface area contributed by atoms with Crippen LogP contribution in [0.1, 0.15) is 79.6 Å². The van der Waals surface area contributed by atoms with Gasteiger partial charge in [-0.3, -0.25) is 9.59 Å². The molecule has 0 aromatic rings. The number of amides is 1. The van der Waals surface area contributed by atoms with Crippen molar-refractivity contribution < 1.29 is 9.59 Å². The van der Waals surface area contributed by atoms with Crippen molar-refractivity contribution in [3.8, 4) is 0 Å². The zero-order chi connectivity index (χ0) is 20.6. The topological polar surface area (TPSA) is 84.2 Å². The van der Waals surface area contributed by atoms with E-state index in [1.807, 2.05) is 19.9 Å². The van der Waals surface area contributed by atoms with Gasteiger partial charge in [-0.15, -0.1) is 6.58 Å². The summed E-state index contributed by atoms with van der Waals surface area (Å²) in [5, 5.41) is 6.49. The fraction of sp³-hybridized carbons (Fsp3) is 0.818. The molecule has 5 nitrogen and oxygen atoms in total. The lowest BCUT2D eigenvalue weighted by Gasteiger charge is -2.40. The second kappa shape index (κ2) is 11.0. The number of ketones is 1. The summed E-state index contributed by atoms with van der Waals surface area (Å²) >= 11 is 0. The van der Waals surface area contributed by atoms with Crippen molar-refractivity contribution in [2.24, 2.45) is 17.6 Å². The van der Waals surface area contributed by atoms with Gasteiger partial charge in [0.25, 0.3) is 0 Å². The molecule has 1 amide bonds. The molecular weight excluding hydrogens is 338 g/mol. The Morgan fingerprint density at radius 3 is 2.44 bits per heavy atom. The van der Waals surface area contributed by atoms with Gasteiger partial charge < -0.3 is 16.4 Å². The first kappa shape index (κ1) is 23.8. The molecule has 2 unspecified atom stereocenters. The first-order valence-electron chi connectivity index (χ1n) is 10.6. The highest BCUT2D eigenvalue weighted by Gasteiger charge is 2.42. The summed E-state index contributed by atoms with van der Waals surface area (Å²) in [6.45, 7) is 13.8. The molecule has 0 heterocycles. The minimum Gasteiger partial charge on any atom is -0.345 e. The van der Waals surface area contributed by atoms with Crippen LogP contribution in [0, 0.1) is 11.8 Å². The van der Waals surface area contributed by atoms with Crippen LogP contribution in [0.5, 0.6) is 0 Å². The zero-order valence-electron chi connectivity index (χ0n) is 18.0. The van der Waals surface area contributed by atoms with E-state index in [0.29, 0.717) is 5.92 Å². The number of Topliss-reactive ketones (excluding diaryl/α,β-unsaturated/α-hetero) is 1. The van der Waals surface area contributed by atoms with E-state index >= 15 is 0 Å². The first-order valence-corrected chi connectivity index (χ1v) is 10.6. The predicted octanol–water partition coefficient (Wildman–Crippen LogP) is 3.33. The molecular formula is C22H41N3O2. The Hall–Kier alpha value is -1.20. The number of hydrogen-bond acceptors (Lipinski definition) is 4. The van der Waals surface area contributed by atoms with Crippen molar-refractivity contribution in [2.45, 2.75) is 103 Å². The molecule has 0 aromatic heterocycles. The van der Waals surface area contributed by atoms with Crippen molar-refractivity contribution in [1.29, 1.82) is 0 Å². The molecule has 0 aliphatic heterocycles. The summed E-state index contributed by atoms with van der Waals surface area (Å²) in [5.74, 6) is 0.485. The lowest BCUT2D eigenvalue weighted by molar-refractivity contribution is -0.133. The second-order valence-corrected chi connectivity index (χ2v) is 8.91. The van der Waals surface area contributed by atoms with Crippen LogP contribution in [0.4, 0.5) is 0 Å². The third-order valence-corrected chi connectivity index (χ3v) is 5.90. The van der Waals surface area contributed by atoms with Gasteiger partial charge in [-0.2, -0.15) is 0 Å². The van der Waals surface area contributed by atoms with Gasteiger partial charge in [-0.1, -0.05) is 46.1 Å². The van der Waals surface area contributed by atoms with Gasteiger partial charge in [0.2, 0.25) is 5.91 Å². The predicted molar refractivity (Wildman–Crippen MR) is 112 cm³/mol. The summed E-state index contributed by atoms with van der Waals surface area (Å²) in [5.41, 5.74) is 5.36. The van der Waals surface area contributed by atoms with Crippen LogP contribution in [-0.4, -0.2) is 35.4 Å². The lowest BCUT2D eigenvalue weighted by atomic mass is 9.75. The van der Waals surface area contributed by atoms with Crippen LogP contribution in [-0.2, 0) is 9.59 Å². The molecule has 1 aliphatic carbocycles.